The maximum absolute atomic E-state index is 11.2. The summed E-state index contributed by atoms with van der Waals surface area (Å²) in [5, 5.41) is 2.80. The van der Waals surface area contributed by atoms with E-state index in [0.29, 0.717) is 13.2 Å². The minimum atomic E-state index is -0.115. The summed E-state index contributed by atoms with van der Waals surface area (Å²) < 4.78 is 4.95. The quantitative estimate of drug-likeness (QED) is 0.619. The zero-order valence-electron chi connectivity index (χ0n) is 8.54. The first kappa shape index (κ1) is 12.2. The molecular formula is C8H19N3O2. The number of amides is 2. The smallest absolute Gasteiger partial charge is 0.317 e. The molecule has 2 amide bonds. The largest absolute Gasteiger partial charge is 0.383 e. The van der Waals surface area contributed by atoms with Gasteiger partial charge in [0, 0.05) is 21.2 Å². The summed E-state index contributed by atoms with van der Waals surface area (Å²) in [7, 11) is 4.99. The Labute approximate surface area is 79.2 Å². The van der Waals surface area contributed by atoms with Crippen LogP contribution in [0.3, 0.4) is 0 Å². The number of carbonyl (C=O) groups is 1. The molecule has 1 unspecified atom stereocenters. The standard InChI is InChI=1S/C8H19N3O2/c1-11(2)8(12)10-7(4-5-9)6-13-3/h7H,4-6,9H2,1-3H3,(H,10,12). The Balaban J connectivity index is 3.86. The Morgan fingerprint density at radius 1 is 1.62 bits per heavy atom. The van der Waals surface area contributed by atoms with Crippen molar-refractivity contribution in [1.29, 1.82) is 0 Å². The second-order valence-electron chi connectivity index (χ2n) is 3.07. The van der Waals surface area contributed by atoms with Gasteiger partial charge in [-0.1, -0.05) is 0 Å². The van der Waals surface area contributed by atoms with E-state index in [1.54, 1.807) is 21.2 Å². The summed E-state index contributed by atoms with van der Waals surface area (Å²) in [6, 6.07) is -0.111. The molecule has 0 spiro atoms. The molecule has 0 fully saturated rings. The molecule has 3 N–H and O–H groups in total. The van der Waals surface area contributed by atoms with Crippen LogP contribution in [-0.4, -0.2) is 51.3 Å². The zero-order chi connectivity index (χ0) is 10.3. The molecule has 0 aromatic rings. The van der Waals surface area contributed by atoms with Gasteiger partial charge < -0.3 is 20.7 Å². The van der Waals surface area contributed by atoms with Crippen LogP contribution in [0.25, 0.3) is 0 Å². The second kappa shape index (κ2) is 6.68. The van der Waals surface area contributed by atoms with Crippen molar-refractivity contribution < 1.29 is 9.53 Å². The van der Waals surface area contributed by atoms with Gasteiger partial charge >= 0.3 is 6.03 Å². The lowest BCUT2D eigenvalue weighted by Gasteiger charge is -2.19. The molecule has 13 heavy (non-hydrogen) atoms. The van der Waals surface area contributed by atoms with E-state index in [4.69, 9.17) is 10.5 Å². The van der Waals surface area contributed by atoms with Crippen molar-refractivity contribution in [1.82, 2.24) is 10.2 Å². The number of rotatable bonds is 5. The molecule has 0 aliphatic heterocycles. The Morgan fingerprint density at radius 3 is 2.62 bits per heavy atom. The third-order valence-corrected chi connectivity index (χ3v) is 1.62. The van der Waals surface area contributed by atoms with Gasteiger partial charge in [-0.05, 0) is 13.0 Å². The normalized spacial score (nSPS) is 12.3. The van der Waals surface area contributed by atoms with Crippen molar-refractivity contribution in [3.63, 3.8) is 0 Å². The number of nitrogens with zero attached hydrogens (tertiary/aromatic N) is 1. The number of urea groups is 1. The number of nitrogens with two attached hydrogens (primary N) is 1. The van der Waals surface area contributed by atoms with Crippen molar-refractivity contribution in [3.05, 3.63) is 0 Å². The minimum Gasteiger partial charge on any atom is -0.383 e. The number of nitrogens with one attached hydrogen (secondary N) is 1. The van der Waals surface area contributed by atoms with Gasteiger partial charge in [0.1, 0.15) is 0 Å². The van der Waals surface area contributed by atoms with E-state index >= 15 is 0 Å². The number of hydrogen-bond donors (Lipinski definition) is 2. The summed E-state index contributed by atoms with van der Waals surface area (Å²) in [6.07, 6.45) is 0.730. The maximum atomic E-state index is 11.2. The lowest BCUT2D eigenvalue weighted by atomic mass is 10.2. The van der Waals surface area contributed by atoms with Crippen LogP contribution in [-0.2, 0) is 4.74 Å². The van der Waals surface area contributed by atoms with Gasteiger partial charge in [0.15, 0.2) is 0 Å². The topological polar surface area (TPSA) is 67.6 Å². The molecule has 0 radical (unpaired) electrons. The molecule has 0 saturated heterocycles. The molecule has 0 aromatic carbocycles. The average Bonchev–Trinajstić information content (AvgIpc) is 2.05. The fraction of sp³-hybridized carbons (Fsp3) is 0.875. The highest BCUT2D eigenvalue weighted by Crippen LogP contribution is 1.92. The van der Waals surface area contributed by atoms with Crippen molar-refractivity contribution in [2.45, 2.75) is 12.5 Å². The summed E-state index contributed by atoms with van der Waals surface area (Å²) in [6.45, 7) is 1.04. The van der Waals surface area contributed by atoms with Crippen LogP contribution >= 0.6 is 0 Å². The summed E-state index contributed by atoms with van der Waals surface area (Å²) >= 11 is 0. The molecule has 0 aromatic heterocycles. The molecule has 0 bridgehead atoms. The zero-order valence-corrected chi connectivity index (χ0v) is 8.54. The van der Waals surface area contributed by atoms with Gasteiger partial charge in [-0.15, -0.1) is 0 Å². The molecule has 5 heteroatoms. The molecular weight excluding hydrogens is 170 g/mol. The van der Waals surface area contributed by atoms with E-state index in [1.165, 1.54) is 4.90 Å². The highest BCUT2D eigenvalue weighted by atomic mass is 16.5. The third kappa shape index (κ3) is 5.43. The van der Waals surface area contributed by atoms with Crippen LogP contribution in [0, 0.1) is 0 Å². The molecule has 0 heterocycles. The average molecular weight is 189 g/mol. The highest BCUT2D eigenvalue weighted by molar-refractivity contribution is 5.73. The summed E-state index contributed by atoms with van der Waals surface area (Å²) in [4.78, 5) is 12.7. The first-order chi connectivity index (χ1) is 6.11. The Morgan fingerprint density at radius 2 is 2.23 bits per heavy atom. The summed E-state index contributed by atoms with van der Waals surface area (Å²) in [5.41, 5.74) is 5.39. The monoisotopic (exact) mass is 189 g/mol. The van der Waals surface area contributed by atoms with Crippen LogP contribution in [0.2, 0.25) is 0 Å². The fourth-order valence-electron chi connectivity index (χ4n) is 0.903. The molecule has 5 nitrogen and oxygen atoms in total. The van der Waals surface area contributed by atoms with Crippen molar-refractivity contribution in [3.8, 4) is 0 Å². The van der Waals surface area contributed by atoms with Gasteiger partial charge in [-0.25, -0.2) is 4.79 Å². The van der Waals surface area contributed by atoms with E-state index < -0.39 is 0 Å². The molecule has 0 rings (SSSR count). The molecule has 1 atom stereocenters. The van der Waals surface area contributed by atoms with E-state index in [0.717, 1.165) is 6.42 Å². The molecule has 78 valence electrons. The number of hydrogen-bond acceptors (Lipinski definition) is 3. The number of carbonyl (C=O) groups excluding carboxylic acids is 1. The lowest BCUT2D eigenvalue weighted by Crippen LogP contribution is -2.44. The lowest BCUT2D eigenvalue weighted by molar-refractivity contribution is 0.157. The van der Waals surface area contributed by atoms with Crippen LogP contribution < -0.4 is 11.1 Å². The van der Waals surface area contributed by atoms with Gasteiger partial charge in [0.05, 0.1) is 12.6 Å². The minimum absolute atomic E-state index is 0.00454. The van der Waals surface area contributed by atoms with Crippen molar-refractivity contribution in [2.24, 2.45) is 5.73 Å². The van der Waals surface area contributed by atoms with E-state index in [1.807, 2.05) is 0 Å². The van der Waals surface area contributed by atoms with Gasteiger partial charge in [-0.3, -0.25) is 0 Å². The fourth-order valence-corrected chi connectivity index (χ4v) is 0.903. The predicted molar refractivity (Wildman–Crippen MR) is 51.6 cm³/mol. The maximum Gasteiger partial charge on any atom is 0.317 e. The van der Waals surface area contributed by atoms with Crippen molar-refractivity contribution in [2.75, 3.05) is 34.4 Å². The molecule has 0 saturated carbocycles. The number of methoxy groups -OCH3 is 1. The van der Waals surface area contributed by atoms with Gasteiger partial charge in [0.2, 0.25) is 0 Å². The van der Waals surface area contributed by atoms with E-state index in [2.05, 4.69) is 5.32 Å². The Bertz CT molecular complexity index is 144. The van der Waals surface area contributed by atoms with E-state index in [-0.39, 0.29) is 12.1 Å². The first-order valence-electron chi connectivity index (χ1n) is 4.28. The van der Waals surface area contributed by atoms with Crippen LogP contribution in [0.5, 0.6) is 0 Å². The van der Waals surface area contributed by atoms with Gasteiger partial charge in [-0.2, -0.15) is 0 Å². The highest BCUT2D eigenvalue weighted by Gasteiger charge is 2.11. The van der Waals surface area contributed by atoms with Gasteiger partial charge in [0.25, 0.3) is 0 Å². The van der Waals surface area contributed by atoms with Crippen LogP contribution in [0.1, 0.15) is 6.42 Å². The second-order valence-corrected chi connectivity index (χ2v) is 3.07. The SMILES string of the molecule is COCC(CCN)NC(=O)N(C)C. The summed E-state index contributed by atoms with van der Waals surface area (Å²) in [5.74, 6) is 0. The van der Waals surface area contributed by atoms with Crippen LogP contribution in [0.4, 0.5) is 4.79 Å². The molecule has 0 aliphatic rings. The van der Waals surface area contributed by atoms with Crippen LogP contribution in [0.15, 0.2) is 0 Å². The van der Waals surface area contributed by atoms with Crippen molar-refractivity contribution >= 4 is 6.03 Å². The van der Waals surface area contributed by atoms with E-state index in [9.17, 15) is 4.79 Å². The number of ether oxygens (including phenoxy) is 1. The molecule has 0 aliphatic carbocycles. The first-order valence-corrected chi connectivity index (χ1v) is 4.28. The predicted octanol–water partition coefficient (Wildman–Crippen LogP) is -0.379. The third-order valence-electron chi connectivity index (χ3n) is 1.62. The Kier molecular flexibility index (Phi) is 6.26. The Hall–Kier alpha value is -0.810.